The normalized spacial score (nSPS) is 17.8. The molecule has 0 spiro atoms. The average Bonchev–Trinajstić information content (AvgIpc) is 3.21. The largest absolute Gasteiger partial charge is 0.451 e. The van der Waals surface area contributed by atoms with Crippen molar-refractivity contribution in [2.45, 2.75) is 18.9 Å². The zero-order chi connectivity index (χ0) is 15.8. The summed E-state index contributed by atoms with van der Waals surface area (Å²) in [6.45, 7) is 0.760. The summed E-state index contributed by atoms with van der Waals surface area (Å²) in [6.07, 6.45) is 2.00. The summed E-state index contributed by atoms with van der Waals surface area (Å²) in [5.41, 5.74) is 1.87. The summed E-state index contributed by atoms with van der Waals surface area (Å²) in [5.74, 6) is 0.328. The fraction of sp³-hybridized carbons (Fsp3) is 0.211. The molecule has 0 radical (unpaired) electrons. The molecule has 23 heavy (non-hydrogen) atoms. The van der Waals surface area contributed by atoms with Crippen LogP contribution in [0.15, 0.2) is 59.0 Å². The zero-order valence-corrected chi connectivity index (χ0v) is 13.3. The molecule has 0 aliphatic carbocycles. The van der Waals surface area contributed by atoms with Crippen LogP contribution in [-0.4, -0.2) is 17.4 Å². The van der Waals surface area contributed by atoms with Crippen molar-refractivity contribution in [2.75, 3.05) is 6.54 Å². The number of amides is 1. The van der Waals surface area contributed by atoms with Crippen molar-refractivity contribution in [3.8, 4) is 0 Å². The highest BCUT2D eigenvalue weighted by atomic mass is 35.5. The topological polar surface area (TPSA) is 33.5 Å². The van der Waals surface area contributed by atoms with E-state index in [0.717, 1.165) is 24.8 Å². The quantitative estimate of drug-likeness (QED) is 0.659. The Morgan fingerprint density at radius 1 is 1.13 bits per heavy atom. The zero-order valence-electron chi connectivity index (χ0n) is 12.5. The van der Waals surface area contributed by atoms with Crippen molar-refractivity contribution in [2.24, 2.45) is 0 Å². The lowest BCUT2D eigenvalue weighted by Gasteiger charge is -2.24. The third-order valence-corrected chi connectivity index (χ3v) is 4.62. The molecule has 116 valence electrons. The molecule has 1 saturated heterocycles. The van der Waals surface area contributed by atoms with Crippen LogP contribution in [0.4, 0.5) is 0 Å². The lowest BCUT2D eigenvalue weighted by Crippen LogP contribution is -2.30. The highest BCUT2D eigenvalue weighted by Crippen LogP contribution is 2.34. The van der Waals surface area contributed by atoms with Crippen LogP contribution in [0, 0.1) is 0 Å². The number of hydrogen-bond acceptors (Lipinski definition) is 2. The second-order valence-corrected chi connectivity index (χ2v) is 6.30. The third kappa shape index (κ3) is 2.62. The highest BCUT2D eigenvalue weighted by molar-refractivity contribution is 6.31. The number of fused-ring (bicyclic) bond motifs is 1. The van der Waals surface area contributed by atoms with Gasteiger partial charge < -0.3 is 9.32 Å². The van der Waals surface area contributed by atoms with Gasteiger partial charge in [0.15, 0.2) is 5.76 Å². The van der Waals surface area contributed by atoms with Crippen LogP contribution < -0.4 is 0 Å². The minimum absolute atomic E-state index is 0.0522. The fourth-order valence-electron chi connectivity index (χ4n) is 3.29. The number of furan rings is 1. The first-order chi connectivity index (χ1) is 11.2. The second kappa shape index (κ2) is 5.74. The van der Waals surface area contributed by atoms with E-state index in [0.29, 0.717) is 16.4 Å². The molecule has 1 aliphatic rings. The Kier molecular flexibility index (Phi) is 3.58. The van der Waals surface area contributed by atoms with Crippen molar-refractivity contribution in [1.82, 2.24) is 4.90 Å². The summed E-state index contributed by atoms with van der Waals surface area (Å²) >= 11 is 6.00. The van der Waals surface area contributed by atoms with E-state index in [1.165, 1.54) is 5.56 Å². The summed E-state index contributed by atoms with van der Waals surface area (Å²) in [5, 5.41) is 1.50. The second-order valence-electron chi connectivity index (χ2n) is 5.86. The van der Waals surface area contributed by atoms with Gasteiger partial charge in [0.05, 0.1) is 6.04 Å². The Morgan fingerprint density at radius 3 is 2.78 bits per heavy atom. The SMILES string of the molecule is O=C(c1cc2cc(Cl)ccc2o1)N1CCCC1c1ccccc1. The van der Waals surface area contributed by atoms with Gasteiger partial charge in [-0.1, -0.05) is 41.9 Å². The Hall–Kier alpha value is -2.26. The van der Waals surface area contributed by atoms with Gasteiger partial charge in [0, 0.05) is 17.0 Å². The van der Waals surface area contributed by atoms with Gasteiger partial charge in [0.25, 0.3) is 5.91 Å². The van der Waals surface area contributed by atoms with Gasteiger partial charge in [0.1, 0.15) is 5.58 Å². The van der Waals surface area contributed by atoms with Crippen LogP contribution in [0.1, 0.15) is 35.0 Å². The molecule has 4 rings (SSSR count). The Bertz CT molecular complexity index is 856. The van der Waals surface area contributed by atoms with Crippen LogP contribution in [-0.2, 0) is 0 Å². The van der Waals surface area contributed by atoms with Crippen molar-refractivity contribution < 1.29 is 9.21 Å². The molecule has 0 saturated carbocycles. The molecule has 3 aromatic rings. The average molecular weight is 326 g/mol. The molecule has 2 heterocycles. The molecular weight excluding hydrogens is 310 g/mol. The van der Waals surface area contributed by atoms with E-state index < -0.39 is 0 Å². The summed E-state index contributed by atoms with van der Waals surface area (Å²) in [6, 6.07) is 17.5. The Morgan fingerprint density at radius 2 is 1.96 bits per heavy atom. The first kappa shape index (κ1) is 14.3. The number of hydrogen-bond donors (Lipinski definition) is 0. The summed E-state index contributed by atoms with van der Waals surface area (Å²) in [7, 11) is 0. The maximum absolute atomic E-state index is 12.9. The number of carbonyl (C=O) groups excluding carboxylic acids is 1. The molecule has 1 aromatic heterocycles. The van der Waals surface area contributed by atoms with E-state index in [9.17, 15) is 4.79 Å². The standard InChI is InChI=1S/C19H16ClNO2/c20-15-8-9-17-14(11-15)12-18(23-17)19(22)21-10-4-7-16(21)13-5-2-1-3-6-13/h1-3,5-6,8-9,11-12,16H,4,7,10H2. The number of benzene rings is 2. The maximum Gasteiger partial charge on any atom is 0.290 e. The predicted octanol–water partition coefficient (Wildman–Crippen LogP) is 5.06. The number of rotatable bonds is 2. The van der Waals surface area contributed by atoms with Crippen molar-refractivity contribution >= 4 is 28.5 Å². The molecule has 0 N–H and O–H groups in total. The summed E-state index contributed by atoms with van der Waals surface area (Å²) < 4.78 is 5.73. The summed E-state index contributed by atoms with van der Waals surface area (Å²) in [4.78, 5) is 14.8. The van der Waals surface area contributed by atoms with Crippen LogP contribution in [0.2, 0.25) is 5.02 Å². The first-order valence-electron chi connectivity index (χ1n) is 7.77. The van der Waals surface area contributed by atoms with Crippen molar-refractivity contribution in [1.29, 1.82) is 0 Å². The maximum atomic E-state index is 12.9. The lowest BCUT2D eigenvalue weighted by molar-refractivity contribution is 0.0705. The van der Waals surface area contributed by atoms with Gasteiger partial charge in [-0.2, -0.15) is 0 Å². The van der Waals surface area contributed by atoms with Crippen molar-refractivity contribution in [3.05, 3.63) is 70.9 Å². The van der Waals surface area contributed by atoms with Crippen LogP contribution in [0.3, 0.4) is 0 Å². The molecule has 1 aliphatic heterocycles. The minimum Gasteiger partial charge on any atom is -0.451 e. The monoisotopic (exact) mass is 325 g/mol. The highest BCUT2D eigenvalue weighted by Gasteiger charge is 2.32. The Balaban J connectivity index is 1.66. The van der Waals surface area contributed by atoms with E-state index in [1.807, 2.05) is 29.2 Å². The smallest absolute Gasteiger partial charge is 0.290 e. The molecule has 1 atom stereocenters. The predicted molar refractivity (Wildman–Crippen MR) is 90.7 cm³/mol. The fourth-order valence-corrected chi connectivity index (χ4v) is 3.47. The molecule has 3 nitrogen and oxygen atoms in total. The van der Waals surface area contributed by atoms with Gasteiger partial charge in [-0.15, -0.1) is 0 Å². The van der Waals surface area contributed by atoms with Gasteiger partial charge in [-0.25, -0.2) is 0 Å². The molecule has 2 aromatic carbocycles. The molecular formula is C19H16ClNO2. The van der Waals surface area contributed by atoms with Crippen molar-refractivity contribution in [3.63, 3.8) is 0 Å². The molecule has 1 fully saturated rings. The first-order valence-corrected chi connectivity index (χ1v) is 8.15. The van der Waals surface area contributed by atoms with Crippen LogP contribution >= 0.6 is 11.6 Å². The molecule has 4 heteroatoms. The lowest BCUT2D eigenvalue weighted by atomic mass is 10.0. The van der Waals surface area contributed by atoms with Gasteiger partial charge >= 0.3 is 0 Å². The van der Waals surface area contributed by atoms with E-state index in [4.69, 9.17) is 16.0 Å². The number of likely N-dealkylation sites (tertiary alicyclic amines) is 1. The molecule has 1 unspecified atom stereocenters. The Labute approximate surface area is 139 Å². The van der Waals surface area contributed by atoms with Gasteiger partial charge in [0.2, 0.25) is 0 Å². The third-order valence-electron chi connectivity index (χ3n) is 4.39. The minimum atomic E-state index is -0.0522. The number of carbonyl (C=O) groups is 1. The number of nitrogens with zero attached hydrogens (tertiary/aromatic N) is 1. The van der Waals surface area contributed by atoms with E-state index >= 15 is 0 Å². The van der Waals surface area contributed by atoms with Gasteiger partial charge in [-0.05, 0) is 42.7 Å². The van der Waals surface area contributed by atoms with Gasteiger partial charge in [-0.3, -0.25) is 4.79 Å². The molecule has 0 bridgehead atoms. The molecule has 1 amide bonds. The van der Waals surface area contributed by atoms with E-state index in [-0.39, 0.29) is 11.9 Å². The van der Waals surface area contributed by atoms with E-state index in [1.54, 1.807) is 18.2 Å². The van der Waals surface area contributed by atoms with E-state index in [2.05, 4.69) is 12.1 Å². The van der Waals surface area contributed by atoms with Crippen LogP contribution in [0.5, 0.6) is 0 Å². The number of halogens is 1. The van der Waals surface area contributed by atoms with Crippen LogP contribution in [0.25, 0.3) is 11.0 Å².